The van der Waals surface area contributed by atoms with Crippen molar-refractivity contribution in [1.29, 1.82) is 0 Å². The van der Waals surface area contributed by atoms with Crippen LogP contribution in [0.2, 0.25) is 0 Å². The summed E-state index contributed by atoms with van der Waals surface area (Å²) in [6.45, 7) is 5.47. The number of aliphatic hydroxyl groups is 1. The highest BCUT2D eigenvalue weighted by Gasteiger charge is 2.29. The molecule has 130 valence electrons. The highest BCUT2D eigenvalue weighted by Crippen LogP contribution is 2.34. The van der Waals surface area contributed by atoms with Crippen molar-refractivity contribution < 1.29 is 14.2 Å². The van der Waals surface area contributed by atoms with Gasteiger partial charge in [-0.3, -0.25) is 0 Å². The van der Waals surface area contributed by atoms with Crippen LogP contribution in [0.25, 0.3) is 0 Å². The van der Waals surface area contributed by atoms with E-state index in [4.69, 9.17) is 4.74 Å². The zero-order chi connectivity index (χ0) is 17.6. The quantitative estimate of drug-likeness (QED) is 0.774. The van der Waals surface area contributed by atoms with Gasteiger partial charge in [0.1, 0.15) is 0 Å². The lowest BCUT2D eigenvalue weighted by atomic mass is 9.75. The number of halogens is 1. The Morgan fingerprint density at radius 1 is 1.17 bits per heavy atom. The Bertz CT molecular complexity index is 643. The fourth-order valence-corrected chi connectivity index (χ4v) is 2.82. The van der Waals surface area contributed by atoms with Crippen molar-refractivity contribution in [3.63, 3.8) is 0 Å². The molecule has 2 rings (SSSR count). The van der Waals surface area contributed by atoms with E-state index in [1.807, 2.05) is 24.3 Å². The van der Waals surface area contributed by atoms with Crippen molar-refractivity contribution in [2.45, 2.75) is 26.3 Å². The lowest BCUT2D eigenvalue weighted by molar-refractivity contribution is 0.129. The second kappa shape index (κ2) is 8.27. The molecule has 0 saturated carbocycles. The molecule has 0 bridgehead atoms. The van der Waals surface area contributed by atoms with Crippen LogP contribution in [0.1, 0.15) is 30.9 Å². The Morgan fingerprint density at radius 3 is 2.46 bits per heavy atom. The minimum Gasteiger partial charge on any atom is -0.494 e. The highest BCUT2D eigenvalue weighted by atomic mass is 19.1. The van der Waals surface area contributed by atoms with Crippen molar-refractivity contribution in [1.82, 2.24) is 5.32 Å². The van der Waals surface area contributed by atoms with Crippen LogP contribution in [0.3, 0.4) is 0 Å². The Labute approximate surface area is 143 Å². The standard InChI is InChI=1S/C20H26FNO2/c1-20(2,14-23)17(16-7-5-4-6-8-16)13-22-12-15-9-10-19(24-3)18(21)11-15/h4-11,17,22-23H,12-14H2,1-3H3. The minimum atomic E-state index is -0.355. The van der Waals surface area contributed by atoms with E-state index in [0.29, 0.717) is 13.1 Å². The van der Waals surface area contributed by atoms with E-state index in [1.165, 1.54) is 18.7 Å². The van der Waals surface area contributed by atoms with Crippen molar-refractivity contribution in [3.8, 4) is 5.75 Å². The van der Waals surface area contributed by atoms with Gasteiger partial charge in [-0.2, -0.15) is 0 Å². The van der Waals surface area contributed by atoms with Crippen LogP contribution in [0.15, 0.2) is 48.5 Å². The minimum absolute atomic E-state index is 0.103. The summed E-state index contributed by atoms with van der Waals surface area (Å²) in [6.07, 6.45) is 0. The fraction of sp³-hybridized carbons (Fsp3) is 0.400. The van der Waals surface area contributed by atoms with Gasteiger partial charge in [0.05, 0.1) is 7.11 Å². The average molecular weight is 331 g/mol. The number of rotatable bonds is 8. The third-order valence-corrected chi connectivity index (χ3v) is 4.45. The molecule has 0 heterocycles. The molecule has 0 amide bonds. The Morgan fingerprint density at radius 2 is 1.88 bits per heavy atom. The Hall–Kier alpha value is -1.91. The van der Waals surface area contributed by atoms with Crippen molar-refractivity contribution >= 4 is 0 Å². The highest BCUT2D eigenvalue weighted by molar-refractivity contribution is 5.29. The molecule has 0 aromatic heterocycles. The van der Waals surface area contributed by atoms with Gasteiger partial charge >= 0.3 is 0 Å². The van der Waals surface area contributed by atoms with E-state index in [0.717, 1.165) is 5.56 Å². The van der Waals surface area contributed by atoms with Crippen LogP contribution >= 0.6 is 0 Å². The molecule has 4 heteroatoms. The largest absolute Gasteiger partial charge is 0.494 e. The maximum atomic E-state index is 13.8. The monoisotopic (exact) mass is 331 g/mol. The smallest absolute Gasteiger partial charge is 0.165 e. The number of nitrogens with one attached hydrogen (secondary N) is 1. The van der Waals surface area contributed by atoms with E-state index in [1.54, 1.807) is 6.07 Å². The SMILES string of the molecule is COc1ccc(CNCC(c2ccccc2)C(C)(C)CO)cc1F. The predicted octanol–water partition coefficient (Wildman–Crippen LogP) is 3.73. The van der Waals surface area contributed by atoms with Crippen LogP contribution in [0, 0.1) is 11.2 Å². The maximum Gasteiger partial charge on any atom is 0.165 e. The van der Waals surface area contributed by atoms with E-state index in [2.05, 4.69) is 31.3 Å². The number of hydrogen-bond acceptors (Lipinski definition) is 3. The van der Waals surface area contributed by atoms with E-state index < -0.39 is 0 Å². The van der Waals surface area contributed by atoms with Gasteiger partial charge in [0.25, 0.3) is 0 Å². The summed E-state index contributed by atoms with van der Waals surface area (Å²) in [4.78, 5) is 0. The first-order valence-electron chi connectivity index (χ1n) is 8.17. The molecule has 0 aliphatic carbocycles. The van der Waals surface area contributed by atoms with Crippen LogP contribution < -0.4 is 10.1 Å². The van der Waals surface area contributed by atoms with E-state index >= 15 is 0 Å². The molecule has 3 nitrogen and oxygen atoms in total. The van der Waals surface area contributed by atoms with Crippen LogP contribution in [0.5, 0.6) is 5.75 Å². The first-order valence-corrected chi connectivity index (χ1v) is 8.17. The third-order valence-electron chi connectivity index (χ3n) is 4.45. The molecule has 0 radical (unpaired) electrons. The normalized spacial score (nSPS) is 12.9. The molecule has 0 aliphatic rings. The average Bonchev–Trinajstić information content (AvgIpc) is 2.59. The fourth-order valence-electron chi connectivity index (χ4n) is 2.82. The molecule has 0 aliphatic heterocycles. The summed E-state index contributed by atoms with van der Waals surface area (Å²) in [5.74, 6) is 0.0567. The summed E-state index contributed by atoms with van der Waals surface area (Å²) in [5, 5.41) is 13.1. The lowest BCUT2D eigenvalue weighted by Crippen LogP contribution is -2.34. The van der Waals surface area contributed by atoms with Crippen molar-refractivity contribution in [2.75, 3.05) is 20.3 Å². The lowest BCUT2D eigenvalue weighted by Gasteiger charge is -2.33. The number of aliphatic hydroxyl groups excluding tert-OH is 1. The summed E-state index contributed by atoms with van der Waals surface area (Å²) >= 11 is 0. The van der Waals surface area contributed by atoms with Gasteiger partial charge in [-0.25, -0.2) is 4.39 Å². The molecule has 0 saturated heterocycles. The van der Waals surface area contributed by atoms with Crippen molar-refractivity contribution in [3.05, 3.63) is 65.5 Å². The zero-order valence-electron chi connectivity index (χ0n) is 14.6. The summed E-state index contributed by atoms with van der Waals surface area (Å²) in [7, 11) is 1.46. The summed E-state index contributed by atoms with van der Waals surface area (Å²) in [6, 6.07) is 15.1. The first kappa shape index (κ1) is 18.4. The topological polar surface area (TPSA) is 41.5 Å². The molecule has 0 fully saturated rings. The van der Waals surface area contributed by atoms with Gasteiger partial charge in [0, 0.05) is 25.6 Å². The molecular formula is C20H26FNO2. The molecule has 0 spiro atoms. The predicted molar refractivity (Wildman–Crippen MR) is 94.7 cm³/mol. The second-order valence-electron chi connectivity index (χ2n) is 6.71. The third kappa shape index (κ3) is 4.56. The molecule has 24 heavy (non-hydrogen) atoms. The van der Waals surface area contributed by atoms with Gasteiger partial charge in [-0.1, -0.05) is 50.2 Å². The molecule has 2 N–H and O–H groups in total. The van der Waals surface area contributed by atoms with Gasteiger partial charge in [-0.15, -0.1) is 0 Å². The molecular weight excluding hydrogens is 305 g/mol. The maximum absolute atomic E-state index is 13.8. The summed E-state index contributed by atoms with van der Waals surface area (Å²) in [5.41, 5.74) is 1.80. The number of hydrogen-bond donors (Lipinski definition) is 2. The van der Waals surface area contributed by atoms with Gasteiger partial charge in [-0.05, 0) is 28.7 Å². The number of ether oxygens (including phenoxy) is 1. The molecule has 2 aromatic rings. The van der Waals surface area contributed by atoms with Crippen molar-refractivity contribution in [2.24, 2.45) is 5.41 Å². The van der Waals surface area contributed by atoms with Crippen LogP contribution in [-0.2, 0) is 6.54 Å². The first-order chi connectivity index (χ1) is 11.5. The van der Waals surface area contributed by atoms with E-state index in [9.17, 15) is 9.50 Å². The second-order valence-corrected chi connectivity index (χ2v) is 6.71. The zero-order valence-corrected chi connectivity index (χ0v) is 14.6. The molecule has 2 aromatic carbocycles. The van der Waals surface area contributed by atoms with Gasteiger partial charge in [0.2, 0.25) is 0 Å². The van der Waals surface area contributed by atoms with Crippen LogP contribution in [-0.4, -0.2) is 25.4 Å². The Balaban J connectivity index is 2.05. The summed E-state index contributed by atoms with van der Waals surface area (Å²) < 4.78 is 18.7. The molecule has 1 unspecified atom stereocenters. The Kier molecular flexibility index (Phi) is 6.35. The van der Waals surface area contributed by atoms with Gasteiger partial charge in [0.15, 0.2) is 11.6 Å². The van der Waals surface area contributed by atoms with Gasteiger partial charge < -0.3 is 15.2 Å². The van der Waals surface area contributed by atoms with Crippen LogP contribution in [0.4, 0.5) is 4.39 Å². The molecule has 1 atom stereocenters. The number of benzene rings is 2. The van der Waals surface area contributed by atoms with E-state index in [-0.39, 0.29) is 29.5 Å². The number of methoxy groups -OCH3 is 1.